The largest absolute Gasteiger partial charge is 0.459 e. The highest BCUT2D eigenvalue weighted by atomic mass is 16.7. The molecule has 1 aromatic rings. The number of hydrogen-bond donors (Lipinski definition) is 1. The van der Waals surface area contributed by atoms with Gasteiger partial charge >= 0.3 is 0 Å². The number of ether oxygens (including phenoxy) is 2. The molecular formula is C24H35NO4. The number of allylic oxidation sites excluding steroid dienone is 1. The molecule has 1 aliphatic heterocycles. The van der Waals surface area contributed by atoms with Crippen molar-refractivity contribution >= 4 is 5.91 Å². The maximum Gasteiger partial charge on any atom is 0.288 e. The summed E-state index contributed by atoms with van der Waals surface area (Å²) in [6.45, 7) is 2.59. The third kappa shape index (κ3) is 5.40. The van der Waals surface area contributed by atoms with Gasteiger partial charge in [0.25, 0.3) is 5.91 Å². The highest BCUT2D eigenvalue weighted by Gasteiger charge is 2.39. The fraction of sp³-hybridized carbons (Fsp3) is 0.625. The van der Waals surface area contributed by atoms with Crippen molar-refractivity contribution in [2.24, 2.45) is 5.92 Å². The molecule has 2 aliphatic rings. The fourth-order valence-corrected chi connectivity index (χ4v) is 4.62. The lowest BCUT2D eigenvalue weighted by atomic mass is 9.80. The van der Waals surface area contributed by atoms with Crippen LogP contribution in [0.15, 0.2) is 42.2 Å². The molecule has 29 heavy (non-hydrogen) atoms. The number of carbonyl (C=O) groups excluding carboxylic acids is 1. The Kier molecular flexibility index (Phi) is 8.13. The van der Waals surface area contributed by atoms with E-state index in [9.17, 15) is 9.90 Å². The van der Waals surface area contributed by atoms with Crippen molar-refractivity contribution in [2.75, 3.05) is 20.3 Å². The maximum absolute atomic E-state index is 13.3. The van der Waals surface area contributed by atoms with Crippen LogP contribution in [0.4, 0.5) is 0 Å². The first-order valence-electron chi connectivity index (χ1n) is 11.1. The van der Waals surface area contributed by atoms with Crippen molar-refractivity contribution in [2.45, 2.75) is 70.1 Å². The van der Waals surface area contributed by atoms with E-state index in [1.165, 1.54) is 19.3 Å². The molecule has 0 bridgehead atoms. The van der Waals surface area contributed by atoms with E-state index in [1.807, 2.05) is 43.1 Å². The van der Waals surface area contributed by atoms with Crippen molar-refractivity contribution in [3.63, 3.8) is 0 Å². The average Bonchev–Trinajstić information content (AvgIpc) is 2.78. The van der Waals surface area contributed by atoms with Crippen LogP contribution in [0.2, 0.25) is 0 Å². The fourth-order valence-electron chi connectivity index (χ4n) is 4.62. The van der Waals surface area contributed by atoms with Gasteiger partial charge in [-0.05, 0) is 44.2 Å². The van der Waals surface area contributed by atoms with E-state index in [4.69, 9.17) is 9.47 Å². The number of likely N-dealkylation sites (N-methyl/N-ethyl adjacent to an activating group) is 1. The van der Waals surface area contributed by atoms with Gasteiger partial charge in [-0.3, -0.25) is 4.79 Å². The summed E-state index contributed by atoms with van der Waals surface area (Å²) in [6.07, 6.45) is 8.69. The second-order valence-corrected chi connectivity index (χ2v) is 8.15. The summed E-state index contributed by atoms with van der Waals surface area (Å²) in [5, 5.41) is 9.37. The molecular weight excluding hydrogens is 366 g/mol. The number of benzene rings is 1. The third-order valence-corrected chi connectivity index (χ3v) is 6.25. The molecule has 5 heteroatoms. The molecule has 0 saturated heterocycles. The first kappa shape index (κ1) is 21.8. The summed E-state index contributed by atoms with van der Waals surface area (Å²) in [4.78, 5) is 15.1. The Labute approximate surface area is 174 Å². The van der Waals surface area contributed by atoms with Crippen LogP contribution >= 0.6 is 0 Å². The Hall–Kier alpha value is -1.85. The zero-order valence-corrected chi connectivity index (χ0v) is 17.8. The van der Waals surface area contributed by atoms with E-state index in [0.717, 1.165) is 24.8 Å². The molecule has 1 aromatic carbocycles. The third-order valence-electron chi connectivity index (χ3n) is 6.25. The second kappa shape index (κ2) is 10.8. The standard InChI is InChI=1S/C24H35NO4/c1-3-28-24-20(15-10-16-26)21(18-11-6-4-7-12-18)17-22(29-24)23(27)25(2)19-13-8-5-9-14-19/h4,6-7,11-12,17,19-21,24,26H,3,5,8-10,13-16H2,1-2H3/t20-,21+,24+/m0/s1. The zero-order valence-electron chi connectivity index (χ0n) is 17.8. The minimum atomic E-state index is -0.486. The second-order valence-electron chi connectivity index (χ2n) is 8.15. The summed E-state index contributed by atoms with van der Waals surface area (Å²) in [7, 11) is 1.90. The van der Waals surface area contributed by atoms with Crippen molar-refractivity contribution in [3.05, 3.63) is 47.7 Å². The quantitative estimate of drug-likeness (QED) is 0.708. The average molecular weight is 402 g/mol. The van der Waals surface area contributed by atoms with Crippen LogP contribution in [0.5, 0.6) is 0 Å². The molecule has 160 valence electrons. The normalized spacial score (nSPS) is 25.2. The minimum absolute atomic E-state index is 0.0201. The molecule has 1 aliphatic carbocycles. The Morgan fingerprint density at radius 2 is 1.93 bits per heavy atom. The molecule has 1 amide bonds. The smallest absolute Gasteiger partial charge is 0.288 e. The Morgan fingerprint density at radius 1 is 1.21 bits per heavy atom. The first-order chi connectivity index (χ1) is 14.2. The Morgan fingerprint density at radius 3 is 2.59 bits per heavy atom. The van der Waals surface area contributed by atoms with Gasteiger partial charge in [0.15, 0.2) is 5.76 Å². The molecule has 3 atom stereocenters. The number of amides is 1. The van der Waals surface area contributed by atoms with Crippen molar-refractivity contribution in [3.8, 4) is 0 Å². The predicted octanol–water partition coefficient (Wildman–Crippen LogP) is 4.23. The zero-order chi connectivity index (χ0) is 20.6. The number of carbonyl (C=O) groups is 1. The molecule has 0 spiro atoms. The van der Waals surface area contributed by atoms with Crippen LogP contribution in [-0.2, 0) is 14.3 Å². The van der Waals surface area contributed by atoms with Crippen LogP contribution in [-0.4, -0.2) is 48.5 Å². The van der Waals surface area contributed by atoms with Gasteiger partial charge in [-0.1, -0.05) is 49.6 Å². The van der Waals surface area contributed by atoms with Gasteiger partial charge in [0.2, 0.25) is 6.29 Å². The summed E-state index contributed by atoms with van der Waals surface area (Å²) in [5.74, 6) is 0.418. The van der Waals surface area contributed by atoms with E-state index in [-0.39, 0.29) is 30.4 Å². The molecule has 1 heterocycles. The summed E-state index contributed by atoms with van der Waals surface area (Å²) in [6, 6.07) is 10.5. The van der Waals surface area contributed by atoms with Gasteiger partial charge in [-0.2, -0.15) is 0 Å². The Bertz CT molecular complexity index is 669. The molecule has 3 rings (SSSR count). The van der Waals surface area contributed by atoms with E-state index < -0.39 is 6.29 Å². The van der Waals surface area contributed by atoms with Gasteiger partial charge in [-0.25, -0.2) is 0 Å². The minimum Gasteiger partial charge on any atom is -0.459 e. The lowest BCUT2D eigenvalue weighted by molar-refractivity contribution is -0.170. The topological polar surface area (TPSA) is 59.0 Å². The van der Waals surface area contributed by atoms with Gasteiger partial charge in [0, 0.05) is 38.1 Å². The first-order valence-corrected chi connectivity index (χ1v) is 11.1. The van der Waals surface area contributed by atoms with Crippen molar-refractivity contribution in [1.82, 2.24) is 4.90 Å². The Balaban J connectivity index is 1.88. The number of aliphatic hydroxyl groups excluding tert-OH is 1. The highest BCUT2D eigenvalue weighted by molar-refractivity contribution is 5.91. The number of aliphatic hydroxyl groups is 1. The van der Waals surface area contributed by atoms with Crippen LogP contribution in [0.1, 0.15) is 63.4 Å². The molecule has 0 aromatic heterocycles. The van der Waals surface area contributed by atoms with Crippen LogP contribution in [0, 0.1) is 5.92 Å². The lowest BCUT2D eigenvalue weighted by Gasteiger charge is -2.39. The lowest BCUT2D eigenvalue weighted by Crippen LogP contribution is -2.43. The van der Waals surface area contributed by atoms with Crippen molar-refractivity contribution < 1.29 is 19.4 Å². The van der Waals surface area contributed by atoms with Gasteiger partial charge in [-0.15, -0.1) is 0 Å². The molecule has 1 saturated carbocycles. The van der Waals surface area contributed by atoms with Crippen LogP contribution in [0.25, 0.3) is 0 Å². The number of nitrogens with zero attached hydrogens (tertiary/aromatic N) is 1. The van der Waals surface area contributed by atoms with Gasteiger partial charge in [0.05, 0.1) is 0 Å². The monoisotopic (exact) mass is 401 g/mol. The molecule has 0 unspecified atom stereocenters. The molecule has 1 fully saturated rings. The maximum atomic E-state index is 13.3. The number of rotatable bonds is 8. The predicted molar refractivity (Wildman–Crippen MR) is 113 cm³/mol. The summed E-state index contributed by atoms with van der Waals surface area (Å²) < 4.78 is 12.1. The summed E-state index contributed by atoms with van der Waals surface area (Å²) >= 11 is 0. The highest BCUT2D eigenvalue weighted by Crippen LogP contribution is 2.40. The SMILES string of the molecule is CCO[C@@H]1OC(C(=O)N(C)C2CCCCC2)=C[C@H](c2ccccc2)[C@@H]1CCCO. The molecule has 0 radical (unpaired) electrons. The van der Waals surface area contributed by atoms with Crippen LogP contribution < -0.4 is 0 Å². The van der Waals surface area contributed by atoms with E-state index in [1.54, 1.807) is 0 Å². The van der Waals surface area contributed by atoms with E-state index >= 15 is 0 Å². The van der Waals surface area contributed by atoms with Crippen LogP contribution in [0.3, 0.4) is 0 Å². The molecule has 1 N–H and O–H groups in total. The van der Waals surface area contributed by atoms with Gasteiger partial charge < -0.3 is 19.5 Å². The summed E-state index contributed by atoms with van der Waals surface area (Å²) in [5.41, 5.74) is 1.15. The number of hydrogen-bond acceptors (Lipinski definition) is 4. The van der Waals surface area contributed by atoms with Crippen molar-refractivity contribution in [1.29, 1.82) is 0 Å². The molecule has 5 nitrogen and oxygen atoms in total. The van der Waals surface area contributed by atoms with E-state index in [0.29, 0.717) is 18.8 Å². The van der Waals surface area contributed by atoms with E-state index in [2.05, 4.69) is 12.1 Å². The van der Waals surface area contributed by atoms with Gasteiger partial charge in [0.1, 0.15) is 0 Å².